The Kier molecular flexibility index (Phi) is 7.31. The van der Waals surface area contributed by atoms with Crippen LogP contribution in [0.15, 0.2) is 66.7 Å². The van der Waals surface area contributed by atoms with Crippen molar-refractivity contribution in [2.75, 3.05) is 19.5 Å². The second-order valence-corrected chi connectivity index (χ2v) is 7.71. The lowest BCUT2D eigenvalue weighted by Gasteiger charge is -2.27. The van der Waals surface area contributed by atoms with E-state index in [0.29, 0.717) is 18.2 Å². The molecule has 0 aromatic heterocycles. The zero-order valence-corrected chi connectivity index (χ0v) is 18.8. The topological polar surface area (TPSA) is 33.7 Å². The summed E-state index contributed by atoms with van der Waals surface area (Å²) in [7, 11) is 3.34. The Morgan fingerprint density at radius 1 is 0.833 bits per heavy atom. The summed E-state index contributed by atoms with van der Waals surface area (Å²) in [6.45, 7) is 5.53. The van der Waals surface area contributed by atoms with Crippen LogP contribution in [0.4, 0.5) is 5.69 Å². The molecule has 0 heterocycles. The summed E-state index contributed by atoms with van der Waals surface area (Å²) >= 11 is 5.82. The number of benzene rings is 3. The van der Waals surface area contributed by atoms with Gasteiger partial charge in [-0.1, -0.05) is 48.0 Å². The molecule has 3 rings (SSSR count). The van der Waals surface area contributed by atoms with Gasteiger partial charge in [-0.25, -0.2) is 0 Å². The minimum absolute atomic E-state index is 0.649. The maximum absolute atomic E-state index is 5.82. The number of thiocarbonyl (C=S) groups is 1. The molecule has 3 aromatic carbocycles. The average Bonchev–Trinajstić information content (AvgIpc) is 2.74. The molecule has 156 valence electrons. The van der Waals surface area contributed by atoms with E-state index in [1.54, 1.807) is 14.2 Å². The van der Waals surface area contributed by atoms with Crippen LogP contribution in [0.25, 0.3) is 0 Å². The summed E-state index contributed by atoms with van der Waals surface area (Å²) < 4.78 is 10.8. The van der Waals surface area contributed by atoms with E-state index < -0.39 is 0 Å². The van der Waals surface area contributed by atoms with Crippen molar-refractivity contribution >= 4 is 23.0 Å². The normalized spacial score (nSPS) is 10.4. The number of ether oxygens (including phenoxy) is 2. The lowest BCUT2D eigenvalue weighted by molar-refractivity contribution is 0.405. The van der Waals surface area contributed by atoms with Gasteiger partial charge >= 0.3 is 0 Å². The molecule has 30 heavy (non-hydrogen) atoms. The fourth-order valence-corrected chi connectivity index (χ4v) is 3.53. The van der Waals surface area contributed by atoms with Gasteiger partial charge in [-0.3, -0.25) is 0 Å². The standard InChI is InChI=1S/C25H28N2O2S/c1-18-6-5-7-21(14-18)17-27(16-20-9-11-22(28-3)12-10-20)25(30)26-23-15-19(2)8-13-24(23)29-4/h5-15H,16-17H2,1-4H3,(H,26,30). The van der Waals surface area contributed by atoms with Gasteiger partial charge in [0.2, 0.25) is 0 Å². The summed E-state index contributed by atoms with van der Waals surface area (Å²) in [6.07, 6.45) is 0. The first-order valence-electron chi connectivity index (χ1n) is 9.87. The number of anilines is 1. The third-order valence-electron chi connectivity index (χ3n) is 4.87. The Bertz CT molecular complexity index is 1000. The first-order valence-corrected chi connectivity index (χ1v) is 10.3. The van der Waals surface area contributed by atoms with Gasteiger partial charge < -0.3 is 19.7 Å². The lowest BCUT2D eigenvalue weighted by Crippen LogP contribution is -2.34. The molecule has 0 radical (unpaired) electrons. The summed E-state index contributed by atoms with van der Waals surface area (Å²) in [6, 6.07) is 22.6. The first kappa shape index (κ1) is 21.7. The average molecular weight is 421 g/mol. The SMILES string of the molecule is COc1ccc(CN(Cc2cccc(C)c2)C(=S)Nc2cc(C)ccc2OC)cc1. The molecule has 0 spiro atoms. The van der Waals surface area contributed by atoms with Crippen LogP contribution < -0.4 is 14.8 Å². The van der Waals surface area contributed by atoms with E-state index >= 15 is 0 Å². The van der Waals surface area contributed by atoms with E-state index in [1.165, 1.54) is 11.1 Å². The molecule has 3 aromatic rings. The van der Waals surface area contributed by atoms with Crippen molar-refractivity contribution in [2.45, 2.75) is 26.9 Å². The van der Waals surface area contributed by atoms with Crippen LogP contribution in [0, 0.1) is 13.8 Å². The van der Waals surface area contributed by atoms with Gasteiger partial charge in [0, 0.05) is 13.1 Å². The van der Waals surface area contributed by atoms with Crippen LogP contribution in [-0.2, 0) is 13.1 Å². The number of hydrogen-bond donors (Lipinski definition) is 1. The Morgan fingerprint density at radius 2 is 1.53 bits per heavy atom. The molecular formula is C25H28N2O2S. The van der Waals surface area contributed by atoms with Crippen molar-refractivity contribution < 1.29 is 9.47 Å². The number of nitrogens with zero attached hydrogens (tertiary/aromatic N) is 1. The third-order valence-corrected chi connectivity index (χ3v) is 5.23. The van der Waals surface area contributed by atoms with Crippen molar-refractivity contribution in [1.82, 2.24) is 4.90 Å². The summed E-state index contributed by atoms with van der Waals surface area (Å²) in [5.41, 5.74) is 5.61. The van der Waals surface area contributed by atoms with E-state index in [9.17, 15) is 0 Å². The van der Waals surface area contributed by atoms with Gasteiger partial charge in [0.1, 0.15) is 11.5 Å². The number of nitrogens with one attached hydrogen (secondary N) is 1. The molecule has 0 fully saturated rings. The molecule has 0 amide bonds. The number of hydrogen-bond acceptors (Lipinski definition) is 3. The molecule has 0 bridgehead atoms. The molecule has 0 saturated carbocycles. The fourth-order valence-electron chi connectivity index (χ4n) is 3.30. The van der Waals surface area contributed by atoms with E-state index in [0.717, 1.165) is 28.3 Å². The summed E-state index contributed by atoms with van der Waals surface area (Å²) in [4.78, 5) is 2.16. The van der Waals surface area contributed by atoms with Crippen molar-refractivity contribution in [2.24, 2.45) is 0 Å². The molecule has 4 nitrogen and oxygen atoms in total. The molecule has 0 saturated heterocycles. The Morgan fingerprint density at radius 3 is 2.20 bits per heavy atom. The first-order chi connectivity index (χ1) is 14.5. The third kappa shape index (κ3) is 5.74. The van der Waals surface area contributed by atoms with E-state index in [4.69, 9.17) is 21.7 Å². The highest BCUT2D eigenvalue weighted by atomic mass is 32.1. The number of aryl methyl sites for hydroxylation is 2. The molecule has 0 atom stereocenters. The number of methoxy groups -OCH3 is 2. The molecular weight excluding hydrogens is 392 g/mol. The van der Waals surface area contributed by atoms with E-state index in [1.807, 2.05) is 30.3 Å². The highest BCUT2D eigenvalue weighted by Crippen LogP contribution is 2.26. The predicted octanol–water partition coefficient (Wildman–Crippen LogP) is 5.72. The van der Waals surface area contributed by atoms with Gasteiger partial charge in [0.05, 0.1) is 19.9 Å². The van der Waals surface area contributed by atoms with Gasteiger partial charge in [-0.05, 0) is 67.0 Å². The maximum Gasteiger partial charge on any atom is 0.174 e. The maximum atomic E-state index is 5.82. The van der Waals surface area contributed by atoms with Crippen molar-refractivity contribution in [3.8, 4) is 11.5 Å². The Labute approximate surface area is 184 Å². The van der Waals surface area contributed by atoms with Crippen LogP contribution in [0.2, 0.25) is 0 Å². The minimum Gasteiger partial charge on any atom is -0.497 e. The van der Waals surface area contributed by atoms with Crippen molar-refractivity contribution in [3.63, 3.8) is 0 Å². The minimum atomic E-state index is 0.649. The van der Waals surface area contributed by atoms with Crippen molar-refractivity contribution in [1.29, 1.82) is 0 Å². The van der Waals surface area contributed by atoms with Gasteiger partial charge in [-0.2, -0.15) is 0 Å². The zero-order chi connectivity index (χ0) is 21.5. The van der Waals surface area contributed by atoms with Gasteiger partial charge in [0.25, 0.3) is 0 Å². The van der Waals surface area contributed by atoms with Gasteiger partial charge in [0.15, 0.2) is 5.11 Å². The summed E-state index contributed by atoms with van der Waals surface area (Å²) in [5.74, 6) is 1.61. The highest BCUT2D eigenvalue weighted by molar-refractivity contribution is 7.80. The van der Waals surface area contributed by atoms with Crippen molar-refractivity contribution in [3.05, 3.63) is 89.0 Å². The van der Waals surface area contributed by atoms with Crippen LogP contribution in [0.1, 0.15) is 22.3 Å². The second-order valence-electron chi connectivity index (χ2n) is 7.33. The van der Waals surface area contributed by atoms with Crippen LogP contribution >= 0.6 is 12.2 Å². The fraction of sp³-hybridized carbons (Fsp3) is 0.240. The Balaban J connectivity index is 1.85. The Hall–Kier alpha value is -3.05. The largest absolute Gasteiger partial charge is 0.497 e. The molecule has 1 N–H and O–H groups in total. The molecule has 5 heteroatoms. The van der Waals surface area contributed by atoms with E-state index in [2.05, 4.69) is 60.5 Å². The smallest absolute Gasteiger partial charge is 0.174 e. The van der Waals surface area contributed by atoms with Crippen LogP contribution in [0.3, 0.4) is 0 Å². The molecule has 0 unspecified atom stereocenters. The zero-order valence-electron chi connectivity index (χ0n) is 17.9. The van der Waals surface area contributed by atoms with Gasteiger partial charge in [-0.15, -0.1) is 0 Å². The monoisotopic (exact) mass is 420 g/mol. The van der Waals surface area contributed by atoms with Crippen LogP contribution in [-0.4, -0.2) is 24.2 Å². The molecule has 0 aliphatic carbocycles. The summed E-state index contributed by atoms with van der Waals surface area (Å²) in [5, 5.41) is 4.04. The lowest BCUT2D eigenvalue weighted by atomic mass is 10.1. The second kappa shape index (κ2) is 10.1. The number of rotatable bonds is 7. The highest BCUT2D eigenvalue weighted by Gasteiger charge is 2.14. The molecule has 0 aliphatic heterocycles. The van der Waals surface area contributed by atoms with E-state index in [-0.39, 0.29) is 0 Å². The quantitative estimate of drug-likeness (QED) is 0.495. The van der Waals surface area contributed by atoms with Crippen LogP contribution in [0.5, 0.6) is 11.5 Å². The predicted molar refractivity (Wildman–Crippen MR) is 127 cm³/mol. The molecule has 0 aliphatic rings.